The van der Waals surface area contributed by atoms with Crippen LogP contribution in [0.15, 0.2) is 41.3 Å². The summed E-state index contributed by atoms with van der Waals surface area (Å²) in [4.78, 5) is 14.6. The molecule has 0 atom stereocenters. The lowest BCUT2D eigenvalue weighted by molar-refractivity contribution is 1.39. The van der Waals surface area contributed by atoms with E-state index in [0.29, 0.717) is 11.3 Å². The Balaban J connectivity index is 2.60. The molecule has 0 aliphatic rings. The summed E-state index contributed by atoms with van der Waals surface area (Å²) in [6, 6.07) is 7.22. The maximum Gasteiger partial charge on any atom is 0.189 e. The first kappa shape index (κ1) is 9.99. The number of rotatable bonds is 2. The number of H-pyrrole nitrogens is 1. The van der Waals surface area contributed by atoms with Crippen LogP contribution in [-0.4, -0.2) is 10.9 Å². The Morgan fingerprint density at radius 2 is 2.20 bits per heavy atom. The molecular weight excluding hydrogens is 210 g/mol. The zero-order chi connectivity index (χ0) is 10.7. The first-order chi connectivity index (χ1) is 7.31. The zero-order valence-electron chi connectivity index (χ0n) is 8.03. The van der Waals surface area contributed by atoms with Crippen LogP contribution in [0, 0.1) is 0 Å². The Morgan fingerprint density at radius 3 is 3.00 bits per heavy atom. The fourth-order valence-corrected chi connectivity index (χ4v) is 1.56. The fourth-order valence-electron chi connectivity index (χ4n) is 1.47. The van der Waals surface area contributed by atoms with Crippen LogP contribution in [0.25, 0.3) is 17.0 Å². The highest BCUT2D eigenvalue weighted by molar-refractivity contribution is 6.19. The summed E-state index contributed by atoms with van der Waals surface area (Å²) in [7, 11) is 0. The lowest BCUT2D eigenvalue weighted by Gasteiger charge is -1.98. The molecule has 1 N–H and O–H groups in total. The highest BCUT2D eigenvalue weighted by Gasteiger charge is 1.97. The number of benzene rings is 1. The van der Waals surface area contributed by atoms with Gasteiger partial charge in [-0.1, -0.05) is 18.2 Å². The van der Waals surface area contributed by atoms with Gasteiger partial charge in [0.1, 0.15) is 0 Å². The summed E-state index contributed by atoms with van der Waals surface area (Å²) in [5, 5.41) is 0.703. The standard InChI is InChI=1S/C12H10ClNO/c13-6-1-2-9-3-4-11-10(8-9)12(15)5-7-14-11/h1-5,7-8H,6H2,(H,14,15). The number of aromatic amines is 1. The monoisotopic (exact) mass is 219 g/mol. The molecule has 2 aromatic rings. The Bertz CT molecular complexity index is 557. The second kappa shape index (κ2) is 4.32. The van der Waals surface area contributed by atoms with Gasteiger partial charge in [-0.3, -0.25) is 4.79 Å². The van der Waals surface area contributed by atoms with Crippen LogP contribution in [0.1, 0.15) is 5.56 Å². The van der Waals surface area contributed by atoms with Crippen molar-refractivity contribution in [3.05, 3.63) is 52.3 Å². The maximum atomic E-state index is 11.5. The second-order valence-electron chi connectivity index (χ2n) is 3.20. The number of hydrogen-bond donors (Lipinski definition) is 1. The molecule has 0 amide bonds. The summed E-state index contributed by atoms with van der Waals surface area (Å²) in [5.41, 5.74) is 1.87. The van der Waals surface area contributed by atoms with E-state index in [0.717, 1.165) is 11.1 Å². The molecule has 3 heteroatoms. The third-order valence-corrected chi connectivity index (χ3v) is 2.36. The van der Waals surface area contributed by atoms with Gasteiger partial charge in [0.15, 0.2) is 5.43 Å². The molecule has 0 fully saturated rings. The Kier molecular flexibility index (Phi) is 2.88. The number of aromatic nitrogens is 1. The van der Waals surface area contributed by atoms with Gasteiger partial charge < -0.3 is 4.98 Å². The lowest BCUT2D eigenvalue weighted by atomic mass is 10.1. The number of fused-ring (bicyclic) bond motifs is 1. The van der Waals surface area contributed by atoms with Gasteiger partial charge in [-0.15, -0.1) is 11.6 Å². The van der Waals surface area contributed by atoms with E-state index in [9.17, 15) is 4.79 Å². The van der Waals surface area contributed by atoms with Gasteiger partial charge >= 0.3 is 0 Å². The topological polar surface area (TPSA) is 32.9 Å². The third kappa shape index (κ3) is 2.10. The highest BCUT2D eigenvalue weighted by Crippen LogP contribution is 2.11. The zero-order valence-corrected chi connectivity index (χ0v) is 8.79. The minimum absolute atomic E-state index is 0.0323. The first-order valence-corrected chi connectivity index (χ1v) is 5.18. The summed E-state index contributed by atoms with van der Waals surface area (Å²) in [5.74, 6) is 0.475. The Labute approximate surface area is 92.2 Å². The normalized spacial score (nSPS) is 11.3. The SMILES string of the molecule is O=c1cc[nH]c2ccc(C=CCCl)cc12. The molecule has 0 aliphatic carbocycles. The molecule has 0 aliphatic heterocycles. The van der Waals surface area contributed by atoms with Crippen LogP contribution in [0.3, 0.4) is 0 Å². The number of hydrogen-bond acceptors (Lipinski definition) is 1. The van der Waals surface area contributed by atoms with Crippen molar-refractivity contribution in [3.63, 3.8) is 0 Å². The molecule has 0 saturated heterocycles. The maximum absolute atomic E-state index is 11.5. The number of allylic oxidation sites excluding steroid dienone is 1. The van der Waals surface area contributed by atoms with Gasteiger partial charge in [0.05, 0.1) is 0 Å². The quantitative estimate of drug-likeness (QED) is 0.775. The molecular formula is C12H10ClNO. The lowest BCUT2D eigenvalue weighted by Crippen LogP contribution is -1.99. The third-order valence-electron chi connectivity index (χ3n) is 2.18. The van der Waals surface area contributed by atoms with E-state index in [1.807, 2.05) is 30.4 Å². The van der Waals surface area contributed by atoms with Gasteiger partial charge in [-0.05, 0) is 17.7 Å². The van der Waals surface area contributed by atoms with E-state index in [1.54, 1.807) is 6.20 Å². The molecule has 0 radical (unpaired) electrons. The summed E-state index contributed by atoms with van der Waals surface area (Å²) in [6.07, 6.45) is 5.40. The number of alkyl halides is 1. The predicted octanol–water partition coefficient (Wildman–Crippen LogP) is 2.78. The van der Waals surface area contributed by atoms with Crippen molar-refractivity contribution in [3.8, 4) is 0 Å². The van der Waals surface area contributed by atoms with Crippen LogP contribution >= 0.6 is 11.6 Å². The van der Waals surface area contributed by atoms with Crippen molar-refractivity contribution in [2.24, 2.45) is 0 Å². The average molecular weight is 220 g/mol. The minimum atomic E-state index is 0.0323. The van der Waals surface area contributed by atoms with Crippen molar-refractivity contribution in [2.75, 3.05) is 5.88 Å². The molecule has 1 heterocycles. The van der Waals surface area contributed by atoms with E-state index in [2.05, 4.69) is 4.98 Å². The summed E-state index contributed by atoms with van der Waals surface area (Å²) in [6.45, 7) is 0. The average Bonchev–Trinajstić information content (AvgIpc) is 2.27. The van der Waals surface area contributed by atoms with Crippen LogP contribution in [0.4, 0.5) is 0 Å². The first-order valence-electron chi connectivity index (χ1n) is 4.65. The molecule has 2 rings (SSSR count). The second-order valence-corrected chi connectivity index (χ2v) is 3.51. The largest absolute Gasteiger partial charge is 0.361 e. The van der Waals surface area contributed by atoms with Gasteiger partial charge in [0.25, 0.3) is 0 Å². The van der Waals surface area contributed by atoms with E-state index in [-0.39, 0.29) is 5.43 Å². The number of nitrogens with one attached hydrogen (secondary N) is 1. The molecule has 76 valence electrons. The molecule has 15 heavy (non-hydrogen) atoms. The molecule has 0 spiro atoms. The van der Waals surface area contributed by atoms with Crippen LogP contribution in [0.2, 0.25) is 0 Å². The van der Waals surface area contributed by atoms with Gasteiger partial charge in [-0.2, -0.15) is 0 Å². The summed E-state index contributed by atoms with van der Waals surface area (Å²) >= 11 is 5.55. The molecule has 0 saturated carbocycles. The van der Waals surface area contributed by atoms with Gasteiger partial charge in [0, 0.05) is 29.0 Å². The van der Waals surface area contributed by atoms with Crippen molar-refractivity contribution in [2.45, 2.75) is 0 Å². The molecule has 1 aromatic heterocycles. The van der Waals surface area contributed by atoms with Crippen molar-refractivity contribution in [1.82, 2.24) is 4.98 Å². The Morgan fingerprint density at radius 1 is 1.33 bits per heavy atom. The van der Waals surface area contributed by atoms with E-state index >= 15 is 0 Å². The molecule has 1 aromatic carbocycles. The van der Waals surface area contributed by atoms with E-state index < -0.39 is 0 Å². The molecule has 0 unspecified atom stereocenters. The Hall–Kier alpha value is -1.54. The van der Waals surface area contributed by atoms with Gasteiger partial charge in [-0.25, -0.2) is 0 Å². The van der Waals surface area contributed by atoms with Crippen molar-refractivity contribution in [1.29, 1.82) is 0 Å². The number of halogens is 1. The van der Waals surface area contributed by atoms with Crippen molar-refractivity contribution >= 4 is 28.6 Å². The molecule has 2 nitrogen and oxygen atoms in total. The number of pyridine rings is 1. The van der Waals surface area contributed by atoms with E-state index in [4.69, 9.17) is 11.6 Å². The predicted molar refractivity (Wildman–Crippen MR) is 64.3 cm³/mol. The minimum Gasteiger partial charge on any atom is -0.361 e. The summed E-state index contributed by atoms with van der Waals surface area (Å²) < 4.78 is 0. The van der Waals surface area contributed by atoms with Crippen molar-refractivity contribution < 1.29 is 0 Å². The smallest absolute Gasteiger partial charge is 0.189 e. The highest BCUT2D eigenvalue weighted by atomic mass is 35.5. The van der Waals surface area contributed by atoms with Crippen LogP contribution in [0.5, 0.6) is 0 Å². The van der Waals surface area contributed by atoms with Gasteiger partial charge in [0.2, 0.25) is 0 Å². The van der Waals surface area contributed by atoms with Crippen LogP contribution in [-0.2, 0) is 0 Å². The fraction of sp³-hybridized carbons (Fsp3) is 0.0833. The van der Waals surface area contributed by atoms with Crippen LogP contribution < -0.4 is 5.43 Å². The van der Waals surface area contributed by atoms with E-state index in [1.165, 1.54) is 6.07 Å². The molecule has 0 bridgehead atoms.